The van der Waals surface area contributed by atoms with Gasteiger partial charge in [0, 0.05) is 28.1 Å². The molecule has 4 nitrogen and oxygen atoms in total. The SMILES string of the molecule is CC(C)(C)c1cc(C=Nc2ccccc2-c2nc3c(-c4cccc5c4oc4ccccc45)cccc3o2)cc(C(C)(C)C)c1. The Bertz CT molecular complexity index is 2170. The van der Waals surface area contributed by atoms with Crippen LogP contribution >= 0.6 is 0 Å². The predicted molar refractivity (Wildman–Crippen MR) is 183 cm³/mol. The minimum Gasteiger partial charge on any atom is -0.455 e. The van der Waals surface area contributed by atoms with E-state index in [0.29, 0.717) is 5.89 Å². The van der Waals surface area contributed by atoms with Crippen molar-refractivity contribution in [3.05, 3.63) is 120 Å². The van der Waals surface area contributed by atoms with E-state index in [2.05, 4.69) is 90.1 Å². The first-order chi connectivity index (χ1) is 21.1. The van der Waals surface area contributed by atoms with E-state index < -0.39 is 0 Å². The maximum atomic E-state index is 6.39. The van der Waals surface area contributed by atoms with Gasteiger partial charge in [-0.1, -0.05) is 108 Å². The maximum absolute atomic E-state index is 6.39. The molecule has 0 N–H and O–H groups in total. The van der Waals surface area contributed by atoms with E-state index in [-0.39, 0.29) is 10.8 Å². The summed E-state index contributed by atoms with van der Waals surface area (Å²) in [6.07, 6.45) is 1.96. The summed E-state index contributed by atoms with van der Waals surface area (Å²) in [6.45, 7) is 13.5. The first-order valence-corrected chi connectivity index (χ1v) is 15.2. The Balaban J connectivity index is 1.32. The molecule has 7 aromatic rings. The number of hydrogen-bond acceptors (Lipinski definition) is 4. The number of furan rings is 1. The third kappa shape index (κ3) is 5.01. The lowest BCUT2D eigenvalue weighted by molar-refractivity contribution is 0.568. The van der Waals surface area contributed by atoms with E-state index >= 15 is 0 Å². The Morgan fingerprint density at radius 2 is 1.20 bits per heavy atom. The van der Waals surface area contributed by atoms with Crippen molar-refractivity contribution >= 4 is 44.9 Å². The van der Waals surface area contributed by atoms with Crippen LogP contribution in [0.1, 0.15) is 58.2 Å². The lowest BCUT2D eigenvalue weighted by Crippen LogP contribution is -2.17. The van der Waals surface area contributed by atoms with Gasteiger partial charge in [0.05, 0.1) is 11.3 Å². The molecule has 0 radical (unpaired) electrons. The molecule has 0 amide bonds. The molecule has 2 aromatic heterocycles. The second kappa shape index (κ2) is 10.3. The number of aliphatic imine (C=N–C) groups is 1. The van der Waals surface area contributed by atoms with Crippen LogP contribution in [0.2, 0.25) is 0 Å². The Morgan fingerprint density at radius 1 is 0.591 bits per heavy atom. The van der Waals surface area contributed by atoms with Gasteiger partial charge in [-0.3, -0.25) is 4.99 Å². The molecule has 0 aliphatic rings. The average molecular weight is 577 g/mol. The monoisotopic (exact) mass is 576 g/mol. The van der Waals surface area contributed by atoms with E-state index in [0.717, 1.165) is 61.0 Å². The molecule has 2 heterocycles. The van der Waals surface area contributed by atoms with Gasteiger partial charge in [0.15, 0.2) is 5.58 Å². The maximum Gasteiger partial charge on any atom is 0.229 e. The van der Waals surface area contributed by atoms with Crippen LogP contribution in [0.3, 0.4) is 0 Å². The molecule has 0 saturated heterocycles. The number of rotatable bonds is 4. The summed E-state index contributed by atoms with van der Waals surface area (Å²) in [5, 5.41) is 2.19. The lowest BCUT2D eigenvalue weighted by Gasteiger charge is -2.25. The zero-order chi connectivity index (χ0) is 30.6. The fourth-order valence-corrected chi connectivity index (χ4v) is 5.74. The molecule has 5 aromatic carbocycles. The summed E-state index contributed by atoms with van der Waals surface area (Å²) in [5.74, 6) is 0.538. The fourth-order valence-electron chi connectivity index (χ4n) is 5.74. The van der Waals surface area contributed by atoms with Gasteiger partial charge >= 0.3 is 0 Å². The van der Waals surface area contributed by atoms with Crippen molar-refractivity contribution in [3.8, 4) is 22.6 Å². The van der Waals surface area contributed by atoms with E-state index in [1.165, 1.54) is 11.1 Å². The molecule has 0 aliphatic heterocycles. The quantitative estimate of drug-likeness (QED) is 0.196. The summed E-state index contributed by atoms with van der Waals surface area (Å²) in [5.41, 5.74) is 10.6. The zero-order valence-corrected chi connectivity index (χ0v) is 26.1. The number of para-hydroxylation sites is 4. The van der Waals surface area contributed by atoms with Crippen molar-refractivity contribution in [1.82, 2.24) is 4.98 Å². The summed E-state index contributed by atoms with van der Waals surface area (Å²) in [6, 6.07) is 35.3. The van der Waals surface area contributed by atoms with Crippen molar-refractivity contribution in [3.63, 3.8) is 0 Å². The second-order valence-electron chi connectivity index (χ2n) is 13.6. The van der Waals surface area contributed by atoms with Gasteiger partial charge in [-0.25, -0.2) is 4.98 Å². The minimum atomic E-state index is 0.0321. The van der Waals surface area contributed by atoms with Crippen molar-refractivity contribution in [2.45, 2.75) is 52.4 Å². The smallest absolute Gasteiger partial charge is 0.229 e. The van der Waals surface area contributed by atoms with Crippen molar-refractivity contribution < 1.29 is 8.83 Å². The first-order valence-electron chi connectivity index (χ1n) is 15.2. The van der Waals surface area contributed by atoms with E-state index in [9.17, 15) is 0 Å². The number of aromatic nitrogens is 1. The zero-order valence-electron chi connectivity index (χ0n) is 26.1. The van der Waals surface area contributed by atoms with Crippen LogP contribution in [0.4, 0.5) is 5.69 Å². The molecule has 4 heteroatoms. The molecule has 0 fully saturated rings. The van der Waals surface area contributed by atoms with Gasteiger partial charge in [-0.15, -0.1) is 0 Å². The number of oxazole rings is 1. The predicted octanol–water partition coefficient (Wildman–Crippen LogP) is 11.4. The van der Waals surface area contributed by atoms with Gasteiger partial charge in [0.25, 0.3) is 0 Å². The highest BCUT2D eigenvalue weighted by Gasteiger charge is 2.21. The van der Waals surface area contributed by atoms with Crippen molar-refractivity contribution in [2.75, 3.05) is 0 Å². The third-order valence-electron chi connectivity index (χ3n) is 8.29. The Kier molecular flexibility index (Phi) is 6.55. The van der Waals surface area contributed by atoms with Gasteiger partial charge < -0.3 is 8.83 Å². The minimum absolute atomic E-state index is 0.0321. The molecule has 0 spiro atoms. The van der Waals surface area contributed by atoms with Crippen LogP contribution in [0, 0.1) is 0 Å². The summed E-state index contributed by atoms with van der Waals surface area (Å²) in [4.78, 5) is 10.0. The van der Waals surface area contributed by atoms with E-state index in [1.807, 2.05) is 60.8 Å². The Hall–Kier alpha value is -4.96. The van der Waals surface area contributed by atoms with Crippen molar-refractivity contribution in [1.29, 1.82) is 0 Å². The molecule has 0 saturated carbocycles. The van der Waals surface area contributed by atoms with Crippen LogP contribution in [0.25, 0.3) is 55.6 Å². The molecule has 0 bridgehead atoms. The van der Waals surface area contributed by atoms with Crippen molar-refractivity contribution in [2.24, 2.45) is 4.99 Å². The third-order valence-corrected chi connectivity index (χ3v) is 8.29. The first kappa shape index (κ1) is 27.8. The van der Waals surface area contributed by atoms with Gasteiger partial charge in [-0.05, 0) is 63.9 Å². The van der Waals surface area contributed by atoms with E-state index in [1.54, 1.807) is 0 Å². The molecule has 44 heavy (non-hydrogen) atoms. The van der Waals surface area contributed by atoms with Crippen LogP contribution < -0.4 is 0 Å². The second-order valence-corrected chi connectivity index (χ2v) is 13.6. The van der Waals surface area contributed by atoms with Gasteiger partial charge in [0.2, 0.25) is 5.89 Å². The van der Waals surface area contributed by atoms with Crippen LogP contribution in [0.15, 0.2) is 117 Å². The number of hydrogen-bond donors (Lipinski definition) is 0. The molecular weight excluding hydrogens is 540 g/mol. The van der Waals surface area contributed by atoms with Crippen LogP contribution in [0.5, 0.6) is 0 Å². The van der Waals surface area contributed by atoms with Gasteiger partial charge in [0.1, 0.15) is 16.7 Å². The standard InChI is InChI=1S/C40H36N2O2/c1-39(2,3)26-21-25(22-27(23-26)40(4,5)6)24-41-33-18-9-7-14-32(33)38-42-36-29(15-12-20-35(36)44-38)31-17-11-16-30-28-13-8-10-19-34(28)43-37(30)31/h7-24H,1-6H3. The number of nitrogens with zero attached hydrogens (tertiary/aromatic N) is 2. The lowest BCUT2D eigenvalue weighted by atomic mass is 9.79. The van der Waals surface area contributed by atoms with Crippen LogP contribution in [-0.2, 0) is 10.8 Å². The Morgan fingerprint density at radius 3 is 1.98 bits per heavy atom. The highest BCUT2D eigenvalue weighted by atomic mass is 16.3. The molecule has 218 valence electrons. The van der Waals surface area contributed by atoms with Crippen LogP contribution in [-0.4, -0.2) is 11.2 Å². The van der Waals surface area contributed by atoms with Gasteiger partial charge in [-0.2, -0.15) is 0 Å². The highest BCUT2D eigenvalue weighted by molar-refractivity contribution is 6.11. The summed E-state index contributed by atoms with van der Waals surface area (Å²) >= 11 is 0. The highest BCUT2D eigenvalue weighted by Crippen LogP contribution is 2.40. The summed E-state index contributed by atoms with van der Waals surface area (Å²) < 4.78 is 12.7. The normalized spacial score (nSPS) is 12.7. The topological polar surface area (TPSA) is 51.5 Å². The number of fused-ring (bicyclic) bond motifs is 4. The largest absolute Gasteiger partial charge is 0.455 e. The number of benzene rings is 5. The molecule has 7 rings (SSSR count). The fraction of sp³-hybridized carbons (Fsp3) is 0.200. The molecule has 0 atom stereocenters. The molecule has 0 unspecified atom stereocenters. The van der Waals surface area contributed by atoms with E-state index in [4.69, 9.17) is 18.8 Å². The molecule has 0 aliphatic carbocycles. The average Bonchev–Trinajstić information content (AvgIpc) is 3.61. The molecular formula is C40H36N2O2. The Labute approximate surface area is 258 Å². The summed E-state index contributed by atoms with van der Waals surface area (Å²) in [7, 11) is 0.